The number of thiazole rings is 1. The average molecular weight is 603 g/mol. The molecule has 2 amide bonds. The second kappa shape index (κ2) is 12.8. The predicted octanol–water partition coefficient (Wildman–Crippen LogP) is 7.57. The van der Waals surface area contributed by atoms with Gasteiger partial charge in [0.1, 0.15) is 5.69 Å². The van der Waals surface area contributed by atoms with E-state index in [4.69, 9.17) is 4.98 Å². The summed E-state index contributed by atoms with van der Waals surface area (Å²) in [5.41, 5.74) is 5.45. The van der Waals surface area contributed by atoms with Crippen LogP contribution in [0.2, 0.25) is 0 Å². The lowest BCUT2D eigenvalue weighted by Gasteiger charge is -2.32. The van der Waals surface area contributed by atoms with E-state index in [0.717, 1.165) is 56.9 Å². The molecule has 0 radical (unpaired) electrons. The van der Waals surface area contributed by atoms with Gasteiger partial charge in [0.05, 0.1) is 5.01 Å². The van der Waals surface area contributed by atoms with E-state index in [1.54, 1.807) is 11.3 Å². The molecule has 2 saturated heterocycles. The zero-order chi connectivity index (χ0) is 29.9. The Morgan fingerprint density at radius 1 is 0.773 bits per heavy atom. The van der Waals surface area contributed by atoms with Gasteiger partial charge < -0.3 is 14.8 Å². The molecule has 44 heavy (non-hydrogen) atoms. The maximum absolute atomic E-state index is 13.5. The van der Waals surface area contributed by atoms with E-state index in [-0.39, 0.29) is 23.7 Å². The summed E-state index contributed by atoms with van der Waals surface area (Å²) in [5.74, 6) is 1.04. The van der Waals surface area contributed by atoms with Gasteiger partial charge >= 0.3 is 0 Å². The van der Waals surface area contributed by atoms with Gasteiger partial charge in [-0.2, -0.15) is 0 Å². The Labute approximate surface area is 262 Å². The lowest BCUT2D eigenvalue weighted by molar-refractivity contribution is -0.132. The average Bonchev–Trinajstić information content (AvgIpc) is 3.76. The van der Waals surface area contributed by atoms with Gasteiger partial charge in [-0.05, 0) is 54.4 Å². The number of carbonyl (C=O) groups is 2. The SMILES string of the molecule is O=C(CC(c1ccccc1)c1ccccc1)N1CCC(c2nc(C(=O)N3CCC(c4c[nH]c5ccccc45)CC3)cs2)CC1. The molecule has 0 spiro atoms. The molecule has 0 aliphatic carbocycles. The molecule has 5 aromatic rings. The van der Waals surface area contributed by atoms with Crippen molar-refractivity contribution in [3.63, 3.8) is 0 Å². The molecule has 2 aromatic heterocycles. The van der Waals surface area contributed by atoms with Crippen LogP contribution in [0.5, 0.6) is 0 Å². The maximum Gasteiger partial charge on any atom is 0.273 e. The number of nitrogens with zero attached hydrogens (tertiary/aromatic N) is 3. The summed E-state index contributed by atoms with van der Waals surface area (Å²) in [6.07, 6.45) is 6.29. The van der Waals surface area contributed by atoms with E-state index in [9.17, 15) is 9.59 Å². The first-order valence-electron chi connectivity index (χ1n) is 15.8. The Morgan fingerprint density at radius 3 is 2.05 bits per heavy atom. The summed E-state index contributed by atoms with van der Waals surface area (Å²) in [6, 6.07) is 29.1. The third-order valence-corrected chi connectivity index (χ3v) is 10.6. The van der Waals surface area contributed by atoms with Crippen molar-refractivity contribution in [3.8, 4) is 0 Å². The Kier molecular flexibility index (Phi) is 8.29. The number of amides is 2. The highest BCUT2D eigenvalue weighted by Gasteiger charge is 2.30. The molecule has 0 saturated carbocycles. The second-order valence-electron chi connectivity index (χ2n) is 12.2. The van der Waals surface area contributed by atoms with E-state index in [1.165, 1.54) is 27.6 Å². The van der Waals surface area contributed by atoms with Gasteiger partial charge in [-0.3, -0.25) is 9.59 Å². The smallest absolute Gasteiger partial charge is 0.273 e. The van der Waals surface area contributed by atoms with E-state index in [1.807, 2.05) is 51.6 Å². The summed E-state index contributed by atoms with van der Waals surface area (Å²) in [4.78, 5) is 39.1. The number of H-pyrrole nitrogens is 1. The predicted molar refractivity (Wildman–Crippen MR) is 176 cm³/mol. The van der Waals surface area contributed by atoms with Crippen molar-refractivity contribution >= 4 is 34.1 Å². The fourth-order valence-electron chi connectivity index (χ4n) is 7.04. The van der Waals surface area contributed by atoms with Gasteiger partial charge in [0.25, 0.3) is 5.91 Å². The van der Waals surface area contributed by atoms with Crippen LogP contribution in [0.1, 0.15) is 82.0 Å². The Morgan fingerprint density at radius 2 is 1.36 bits per heavy atom. The van der Waals surface area contributed by atoms with Crippen molar-refractivity contribution < 1.29 is 9.59 Å². The molecular formula is C37H38N4O2S. The second-order valence-corrected chi connectivity index (χ2v) is 13.0. The molecule has 0 unspecified atom stereocenters. The first kappa shape index (κ1) is 28.5. The number of benzene rings is 3. The molecule has 0 atom stereocenters. The monoisotopic (exact) mass is 602 g/mol. The summed E-state index contributed by atoms with van der Waals surface area (Å²) < 4.78 is 0. The maximum atomic E-state index is 13.5. The number of aromatic nitrogens is 2. The first-order chi connectivity index (χ1) is 21.6. The van der Waals surface area contributed by atoms with Crippen LogP contribution >= 0.6 is 11.3 Å². The summed E-state index contributed by atoms with van der Waals surface area (Å²) >= 11 is 1.60. The molecule has 2 aliphatic heterocycles. The molecule has 7 rings (SSSR count). The Hall–Kier alpha value is -4.23. The molecule has 7 heteroatoms. The molecule has 6 nitrogen and oxygen atoms in total. The van der Waals surface area contributed by atoms with Crippen LogP contribution in [0, 0.1) is 0 Å². The number of hydrogen-bond acceptors (Lipinski definition) is 4. The van der Waals surface area contributed by atoms with Crippen LogP contribution in [-0.2, 0) is 4.79 Å². The minimum atomic E-state index is 0.0441. The topological polar surface area (TPSA) is 69.3 Å². The van der Waals surface area contributed by atoms with Crippen molar-refractivity contribution in [2.24, 2.45) is 0 Å². The van der Waals surface area contributed by atoms with Gasteiger partial charge in [0.15, 0.2) is 0 Å². The van der Waals surface area contributed by atoms with Crippen LogP contribution in [0.15, 0.2) is 96.5 Å². The Balaban J connectivity index is 0.934. The van der Waals surface area contributed by atoms with E-state index in [2.05, 4.69) is 59.7 Å². The zero-order valence-electron chi connectivity index (χ0n) is 24.9. The number of likely N-dealkylation sites (tertiary alicyclic amines) is 2. The molecule has 4 heterocycles. The van der Waals surface area contributed by atoms with Gasteiger partial charge in [-0.25, -0.2) is 4.98 Å². The fraction of sp³-hybridized carbons (Fsp3) is 0.324. The molecule has 2 fully saturated rings. The number of aromatic amines is 1. The highest BCUT2D eigenvalue weighted by atomic mass is 32.1. The number of rotatable bonds is 7. The number of piperidine rings is 2. The van der Waals surface area contributed by atoms with Gasteiger partial charge in [-0.15, -0.1) is 11.3 Å². The third kappa shape index (κ3) is 5.93. The molecule has 224 valence electrons. The highest BCUT2D eigenvalue weighted by Crippen LogP contribution is 2.35. The zero-order valence-corrected chi connectivity index (χ0v) is 25.7. The third-order valence-electron chi connectivity index (χ3n) is 9.56. The number of para-hydroxylation sites is 1. The van der Waals surface area contributed by atoms with Gasteiger partial charge in [-0.1, -0.05) is 78.9 Å². The lowest BCUT2D eigenvalue weighted by atomic mass is 9.87. The van der Waals surface area contributed by atoms with Crippen molar-refractivity contribution in [2.75, 3.05) is 26.2 Å². The van der Waals surface area contributed by atoms with Crippen LogP contribution in [0.4, 0.5) is 0 Å². The minimum Gasteiger partial charge on any atom is -0.361 e. The number of nitrogens with one attached hydrogen (secondary N) is 1. The normalized spacial score (nSPS) is 16.6. The van der Waals surface area contributed by atoms with Crippen LogP contribution in [0.25, 0.3) is 10.9 Å². The minimum absolute atomic E-state index is 0.0441. The van der Waals surface area contributed by atoms with Crippen LogP contribution in [-0.4, -0.2) is 57.8 Å². The molecule has 2 aliphatic rings. The Bertz CT molecular complexity index is 1670. The van der Waals surface area contributed by atoms with Crippen LogP contribution < -0.4 is 0 Å². The molecule has 1 N–H and O–H groups in total. The molecule has 0 bridgehead atoms. The van der Waals surface area contributed by atoms with Crippen molar-refractivity contribution in [3.05, 3.63) is 124 Å². The van der Waals surface area contributed by atoms with Gasteiger partial charge in [0.2, 0.25) is 5.91 Å². The van der Waals surface area contributed by atoms with E-state index in [0.29, 0.717) is 18.0 Å². The first-order valence-corrected chi connectivity index (χ1v) is 16.7. The largest absolute Gasteiger partial charge is 0.361 e. The van der Waals surface area contributed by atoms with Crippen molar-refractivity contribution in [1.29, 1.82) is 0 Å². The highest BCUT2D eigenvalue weighted by molar-refractivity contribution is 7.09. The molecule has 3 aromatic carbocycles. The number of carbonyl (C=O) groups excluding carboxylic acids is 2. The van der Waals surface area contributed by atoms with E-state index < -0.39 is 0 Å². The quantitative estimate of drug-likeness (QED) is 0.209. The number of fused-ring (bicyclic) bond motifs is 1. The van der Waals surface area contributed by atoms with Crippen LogP contribution in [0.3, 0.4) is 0 Å². The summed E-state index contributed by atoms with van der Waals surface area (Å²) in [7, 11) is 0. The standard InChI is InChI=1S/C37H38N4O2S/c42-35(23-31(26-9-3-1-4-10-26)27-11-5-2-6-12-27)40-19-17-29(18-20-40)36-39-34(25-44-36)37(43)41-21-15-28(16-22-41)32-24-38-33-14-8-7-13-30(32)33/h1-14,24-25,28-29,31,38H,15-23H2. The van der Waals surface area contributed by atoms with Crippen molar-refractivity contribution in [2.45, 2.75) is 49.9 Å². The lowest BCUT2D eigenvalue weighted by Crippen LogP contribution is -2.39. The summed E-state index contributed by atoms with van der Waals surface area (Å²) in [5, 5.41) is 4.26. The van der Waals surface area contributed by atoms with E-state index >= 15 is 0 Å². The van der Waals surface area contributed by atoms with Gasteiger partial charge in [0, 0.05) is 66.9 Å². The molecular weight excluding hydrogens is 565 g/mol. The number of hydrogen-bond donors (Lipinski definition) is 1. The fourth-order valence-corrected chi connectivity index (χ4v) is 8.00. The summed E-state index contributed by atoms with van der Waals surface area (Å²) in [6.45, 7) is 2.96. The van der Waals surface area contributed by atoms with Crippen molar-refractivity contribution in [1.82, 2.24) is 19.8 Å².